The molecule has 2 aliphatic rings. The molecule has 1 aromatic carbocycles. The fraction of sp³-hybridized carbons (Fsp3) is 0.409. The van der Waals surface area contributed by atoms with E-state index in [4.69, 9.17) is 14.2 Å². The summed E-state index contributed by atoms with van der Waals surface area (Å²) in [7, 11) is 1.51. The van der Waals surface area contributed by atoms with Gasteiger partial charge >= 0.3 is 5.97 Å². The number of imide groups is 1. The van der Waals surface area contributed by atoms with Crippen LogP contribution in [0, 0.1) is 0 Å². The quantitative estimate of drug-likeness (QED) is 0.546. The maximum Gasteiger partial charge on any atom is 0.340 e. The maximum atomic E-state index is 13.0. The van der Waals surface area contributed by atoms with Gasteiger partial charge in [0, 0.05) is 9.75 Å². The number of thiophene rings is 1. The van der Waals surface area contributed by atoms with E-state index in [0.717, 1.165) is 10.4 Å². The smallest absolute Gasteiger partial charge is 0.340 e. The molecule has 0 saturated heterocycles. The van der Waals surface area contributed by atoms with Crippen molar-refractivity contribution in [2.45, 2.75) is 45.9 Å². The van der Waals surface area contributed by atoms with E-state index in [0.29, 0.717) is 47.0 Å². The summed E-state index contributed by atoms with van der Waals surface area (Å²) in [5.41, 5.74) is 1.35. The Hall–Kier alpha value is -2.71. The SMILES string of the molecule is COc1ccc2c(c1)C(=O)N(Cc1sc3c(c1C(=O)OC(C)(C)C)CCOC3)C2=O. The molecule has 0 N–H and O–H groups in total. The minimum atomic E-state index is -0.652. The molecule has 0 bridgehead atoms. The second-order valence-electron chi connectivity index (χ2n) is 8.21. The van der Waals surface area contributed by atoms with E-state index in [1.807, 2.05) is 20.8 Å². The van der Waals surface area contributed by atoms with E-state index < -0.39 is 17.5 Å². The fourth-order valence-corrected chi connectivity index (χ4v) is 4.92. The fourth-order valence-electron chi connectivity index (χ4n) is 3.65. The van der Waals surface area contributed by atoms with Crippen LogP contribution in [0.5, 0.6) is 5.75 Å². The number of esters is 1. The maximum absolute atomic E-state index is 13.0. The molecule has 7 nitrogen and oxygen atoms in total. The first-order chi connectivity index (χ1) is 14.2. The molecule has 4 rings (SSSR count). The average molecular weight is 429 g/mol. The van der Waals surface area contributed by atoms with Crippen LogP contribution in [-0.4, -0.2) is 42.0 Å². The summed E-state index contributed by atoms with van der Waals surface area (Å²) in [5, 5.41) is 0. The molecule has 0 spiro atoms. The molecule has 0 unspecified atom stereocenters. The minimum Gasteiger partial charge on any atom is -0.497 e. The van der Waals surface area contributed by atoms with Crippen LogP contribution in [0.4, 0.5) is 0 Å². The molecule has 0 radical (unpaired) electrons. The van der Waals surface area contributed by atoms with Gasteiger partial charge in [-0.2, -0.15) is 0 Å². The van der Waals surface area contributed by atoms with Crippen molar-refractivity contribution < 1.29 is 28.6 Å². The van der Waals surface area contributed by atoms with Crippen LogP contribution in [0.3, 0.4) is 0 Å². The molecular weight excluding hydrogens is 406 g/mol. The number of rotatable bonds is 4. The molecule has 2 amide bonds. The summed E-state index contributed by atoms with van der Waals surface area (Å²) in [6.45, 7) is 6.37. The Balaban J connectivity index is 1.70. The zero-order chi connectivity index (χ0) is 21.6. The molecule has 30 heavy (non-hydrogen) atoms. The number of methoxy groups -OCH3 is 1. The molecule has 0 atom stereocenters. The lowest BCUT2D eigenvalue weighted by molar-refractivity contribution is 0.00644. The first-order valence-electron chi connectivity index (χ1n) is 9.68. The van der Waals surface area contributed by atoms with Gasteiger partial charge < -0.3 is 14.2 Å². The van der Waals surface area contributed by atoms with Crippen molar-refractivity contribution in [3.8, 4) is 5.75 Å². The summed E-state index contributed by atoms with van der Waals surface area (Å²) in [5.74, 6) is -0.702. The Kier molecular flexibility index (Phi) is 5.15. The molecule has 1 aromatic heterocycles. The monoisotopic (exact) mass is 429 g/mol. The van der Waals surface area contributed by atoms with Crippen molar-refractivity contribution >= 4 is 29.1 Å². The topological polar surface area (TPSA) is 82.1 Å². The second kappa shape index (κ2) is 7.52. The number of hydrogen-bond acceptors (Lipinski definition) is 7. The van der Waals surface area contributed by atoms with Crippen LogP contribution in [0.1, 0.15) is 67.2 Å². The van der Waals surface area contributed by atoms with E-state index in [-0.39, 0.29) is 12.5 Å². The van der Waals surface area contributed by atoms with Crippen molar-refractivity contribution in [3.05, 3.63) is 50.2 Å². The molecule has 2 aliphatic heterocycles. The summed E-state index contributed by atoms with van der Waals surface area (Å²) >= 11 is 1.40. The largest absolute Gasteiger partial charge is 0.497 e. The number of ether oxygens (including phenoxy) is 3. The van der Waals surface area contributed by atoms with E-state index in [2.05, 4.69) is 0 Å². The van der Waals surface area contributed by atoms with Gasteiger partial charge in [-0.05, 0) is 51.0 Å². The lowest BCUT2D eigenvalue weighted by Gasteiger charge is -2.21. The third kappa shape index (κ3) is 3.61. The number of nitrogens with zero attached hydrogens (tertiary/aromatic N) is 1. The third-order valence-corrected chi connectivity index (χ3v) is 6.17. The van der Waals surface area contributed by atoms with Crippen molar-refractivity contribution in [2.24, 2.45) is 0 Å². The highest BCUT2D eigenvalue weighted by Crippen LogP contribution is 2.36. The Morgan fingerprint density at radius 2 is 1.93 bits per heavy atom. The molecule has 8 heteroatoms. The van der Waals surface area contributed by atoms with Gasteiger partial charge in [-0.3, -0.25) is 14.5 Å². The standard InChI is InChI=1S/C22H23NO6S/c1-22(2,3)29-21(26)18-14-7-8-28-11-17(14)30-16(18)10-23-19(24)13-6-5-12(27-4)9-15(13)20(23)25/h5-6,9H,7-8,10-11H2,1-4H3. The number of carbonyl (C=O) groups excluding carboxylic acids is 3. The van der Waals surface area contributed by atoms with Crippen LogP contribution in [0.2, 0.25) is 0 Å². The van der Waals surface area contributed by atoms with Crippen LogP contribution in [0.25, 0.3) is 0 Å². The van der Waals surface area contributed by atoms with Gasteiger partial charge in [0.2, 0.25) is 0 Å². The van der Waals surface area contributed by atoms with Crippen molar-refractivity contribution in [2.75, 3.05) is 13.7 Å². The summed E-state index contributed by atoms with van der Waals surface area (Å²) in [4.78, 5) is 41.6. The van der Waals surface area contributed by atoms with Crippen LogP contribution in [0.15, 0.2) is 18.2 Å². The lowest BCUT2D eigenvalue weighted by atomic mass is 10.0. The van der Waals surface area contributed by atoms with Gasteiger partial charge in [0.15, 0.2) is 0 Å². The Bertz CT molecular complexity index is 1050. The zero-order valence-corrected chi connectivity index (χ0v) is 18.2. The minimum absolute atomic E-state index is 0.0148. The highest BCUT2D eigenvalue weighted by atomic mass is 32.1. The van der Waals surface area contributed by atoms with Gasteiger partial charge in [-0.15, -0.1) is 11.3 Å². The van der Waals surface area contributed by atoms with Crippen LogP contribution >= 0.6 is 11.3 Å². The van der Waals surface area contributed by atoms with Crippen LogP contribution in [-0.2, 0) is 29.0 Å². The Morgan fingerprint density at radius 1 is 1.20 bits per heavy atom. The van der Waals surface area contributed by atoms with E-state index in [1.54, 1.807) is 18.2 Å². The first-order valence-corrected chi connectivity index (χ1v) is 10.5. The van der Waals surface area contributed by atoms with Gasteiger partial charge in [-0.1, -0.05) is 0 Å². The molecule has 2 aromatic rings. The number of amides is 2. The zero-order valence-electron chi connectivity index (χ0n) is 17.4. The molecular formula is C22H23NO6S. The summed E-state index contributed by atoms with van der Waals surface area (Å²) < 4.78 is 16.3. The normalized spacial score (nSPS) is 15.8. The predicted octanol–water partition coefficient (Wildman–Crippen LogP) is 3.58. The third-order valence-electron chi connectivity index (χ3n) is 4.98. The number of benzene rings is 1. The number of carbonyl (C=O) groups is 3. The van der Waals surface area contributed by atoms with Gasteiger partial charge in [0.1, 0.15) is 11.4 Å². The molecule has 0 aliphatic carbocycles. The summed E-state index contributed by atoms with van der Waals surface area (Å²) in [6.07, 6.45) is 0.597. The molecule has 0 fully saturated rings. The Morgan fingerprint density at radius 3 is 2.63 bits per heavy atom. The first kappa shape index (κ1) is 20.6. The van der Waals surface area contributed by atoms with E-state index in [1.165, 1.54) is 23.3 Å². The summed E-state index contributed by atoms with van der Waals surface area (Å²) in [6, 6.07) is 4.81. The molecule has 0 saturated carbocycles. The Labute approximate surface area is 178 Å². The predicted molar refractivity (Wildman–Crippen MR) is 110 cm³/mol. The van der Waals surface area contributed by atoms with Crippen molar-refractivity contribution in [1.82, 2.24) is 4.90 Å². The highest BCUT2D eigenvalue weighted by molar-refractivity contribution is 7.12. The second-order valence-corrected chi connectivity index (χ2v) is 9.40. The van der Waals surface area contributed by atoms with Gasteiger partial charge in [0.25, 0.3) is 11.8 Å². The van der Waals surface area contributed by atoms with E-state index in [9.17, 15) is 14.4 Å². The van der Waals surface area contributed by atoms with Crippen molar-refractivity contribution in [3.63, 3.8) is 0 Å². The van der Waals surface area contributed by atoms with Crippen LogP contribution < -0.4 is 4.74 Å². The lowest BCUT2D eigenvalue weighted by Crippen LogP contribution is -2.30. The van der Waals surface area contributed by atoms with Crippen molar-refractivity contribution in [1.29, 1.82) is 0 Å². The molecule has 158 valence electrons. The van der Waals surface area contributed by atoms with Gasteiger partial charge in [-0.25, -0.2) is 4.79 Å². The highest BCUT2D eigenvalue weighted by Gasteiger charge is 2.38. The van der Waals surface area contributed by atoms with Gasteiger partial charge in [0.05, 0.1) is 43.6 Å². The molecule has 3 heterocycles. The average Bonchev–Trinajstić information content (AvgIpc) is 3.17. The number of hydrogen-bond donors (Lipinski definition) is 0. The van der Waals surface area contributed by atoms with E-state index >= 15 is 0 Å². The number of fused-ring (bicyclic) bond motifs is 2.